The second-order valence-corrected chi connectivity index (χ2v) is 7.52. The summed E-state index contributed by atoms with van der Waals surface area (Å²) < 4.78 is 0. The molecule has 136 valence electrons. The molecule has 0 saturated heterocycles. The van der Waals surface area contributed by atoms with E-state index in [2.05, 4.69) is 48.1 Å². The Bertz CT molecular complexity index is 853. The van der Waals surface area contributed by atoms with Crippen LogP contribution in [0.3, 0.4) is 0 Å². The predicted molar refractivity (Wildman–Crippen MR) is 108 cm³/mol. The average molecular weight is 369 g/mol. The Kier molecular flexibility index (Phi) is 5.47. The van der Waals surface area contributed by atoms with Crippen molar-refractivity contribution in [2.75, 3.05) is 5.32 Å². The van der Waals surface area contributed by atoms with Gasteiger partial charge in [-0.25, -0.2) is 4.79 Å². The number of carboxylic acid groups (broad SMARTS) is 1. The van der Waals surface area contributed by atoms with E-state index in [-0.39, 0.29) is 11.7 Å². The molecule has 1 aliphatic rings. The molecule has 2 unspecified atom stereocenters. The fourth-order valence-electron chi connectivity index (χ4n) is 3.42. The molecule has 0 fully saturated rings. The summed E-state index contributed by atoms with van der Waals surface area (Å²) in [7, 11) is 0. The van der Waals surface area contributed by atoms with Crippen LogP contribution in [0.1, 0.15) is 47.1 Å². The van der Waals surface area contributed by atoms with Crippen molar-refractivity contribution in [3.63, 3.8) is 0 Å². The van der Waals surface area contributed by atoms with E-state index in [0.717, 1.165) is 12.8 Å². The highest BCUT2D eigenvalue weighted by Gasteiger charge is 2.33. The molecule has 0 amide bonds. The summed E-state index contributed by atoms with van der Waals surface area (Å²) in [5.41, 5.74) is 11.8. The molecule has 0 bridgehead atoms. The first-order valence-electron chi connectivity index (χ1n) is 8.72. The molecule has 2 heterocycles. The van der Waals surface area contributed by atoms with E-state index in [1.165, 1.54) is 34.0 Å². The van der Waals surface area contributed by atoms with E-state index >= 15 is 0 Å². The lowest BCUT2D eigenvalue weighted by Crippen LogP contribution is -2.10. The molecule has 3 rings (SSSR count). The van der Waals surface area contributed by atoms with Gasteiger partial charge in [0.15, 0.2) is 0 Å². The molecule has 4 nitrogen and oxygen atoms in total. The number of carbonyl (C=O) groups is 1. The zero-order valence-corrected chi connectivity index (χ0v) is 15.8. The van der Waals surface area contributed by atoms with Gasteiger partial charge in [0.1, 0.15) is 5.70 Å². The fraction of sp³-hybridized carbons (Fsp3) is 0.286. The third-order valence-corrected chi connectivity index (χ3v) is 5.69. The highest BCUT2D eigenvalue weighted by atomic mass is 32.1. The van der Waals surface area contributed by atoms with Gasteiger partial charge in [0, 0.05) is 11.6 Å². The van der Waals surface area contributed by atoms with Crippen molar-refractivity contribution >= 4 is 23.0 Å². The second kappa shape index (κ2) is 7.79. The van der Waals surface area contributed by atoms with Crippen LogP contribution in [-0.2, 0) is 4.79 Å². The fourth-order valence-corrected chi connectivity index (χ4v) is 4.12. The number of thiophene rings is 1. The van der Waals surface area contributed by atoms with Gasteiger partial charge < -0.3 is 16.2 Å². The van der Waals surface area contributed by atoms with Gasteiger partial charge in [-0.15, -0.1) is 0 Å². The average Bonchev–Trinajstić information content (AvgIpc) is 3.23. The zero-order chi connectivity index (χ0) is 18.7. The summed E-state index contributed by atoms with van der Waals surface area (Å²) >= 11 is 1.72. The minimum Gasteiger partial charge on any atom is -0.477 e. The number of hydrogen-bond donors (Lipinski definition) is 3. The van der Waals surface area contributed by atoms with E-state index in [1.807, 2.05) is 6.08 Å². The summed E-state index contributed by atoms with van der Waals surface area (Å²) in [6.45, 7) is 4.30. The van der Waals surface area contributed by atoms with E-state index in [9.17, 15) is 4.79 Å². The molecule has 4 N–H and O–H groups in total. The van der Waals surface area contributed by atoms with Crippen LogP contribution in [0.4, 0.5) is 5.69 Å². The third-order valence-electron chi connectivity index (χ3n) is 4.98. The smallest absolute Gasteiger partial charge is 0.351 e. The Morgan fingerprint density at radius 3 is 2.81 bits per heavy atom. The van der Waals surface area contributed by atoms with E-state index in [0.29, 0.717) is 5.92 Å². The quantitative estimate of drug-likeness (QED) is 0.502. The largest absolute Gasteiger partial charge is 0.477 e. The Morgan fingerprint density at radius 1 is 1.35 bits per heavy atom. The maximum absolute atomic E-state index is 10.7. The zero-order valence-electron chi connectivity index (χ0n) is 15.0. The van der Waals surface area contributed by atoms with Crippen LogP contribution in [0.25, 0.3) is 0 Å². The third kappa shape index (κ3) is 3.83. The maximum Gasteiger partial charge on any atom is 0.351 e. The highest BCUT2D eigenvalue weighted by molar-refractivity contribution is 7.08. The molecule has 5 heteroatoms. The molecule has 1 aliphatic heterocycles. The minimum absolute atomic E-state index is 0.142. The number of rotatable bonds is 6. The van der Waals surface area contributed by atoms with E-state index in [4.69, 9.17) is 10.8 Å². The minimum atomic E-state index is -1.09. The number of aryl methyl sites for hydroxylation is 2. The van der Waals surface area contributed by atoms with Crippen molar-refractivity contribution in [2.45, 2.75) is 38.6 Å². The Morgan fingerprint density at radius 2 is 2.12 bits per heavy atom. The lowest BCUT2D eigenvalue weighted by Gasteiger charge is -2.19. The Balaban J connectivity index is 1.78. The summed E-state index contributed by atoms with van der Waals surface area (Å²) in [5.74, 6) is -0.698. The molecular formula is C21H24N2O2S. The van der Waals surface area contributed by atoms with Crippen LogP contribution < -0.4 is 11.1 Å². The molecule has 1 aromatic heterocycles. The summed E-state index contributed by atoms with van der Waals surface area (Å²) in [6, 6.07) is 7.02. The molecule has 0 spiro atoms. The van der Waals surface area contributed by atoms with Gasteiger partial charge >= 0.3 is 5.97 Å². The van der Waals surface area contributed by atoms with Crippen LogP contribution in [0.2, 0.25) is 0 Å². The number of nitrogens with two attached hydrogens (primary N) is 1. The highest BCUT2D eigenvalue weighted by Crippen LogP contribution is 2.47. The first-order valence-corrected chi connectivity index (χ1v) is 9.67. The Hall–Kier alpha value is -2.53. The van der Waals surface area contributed by atoms with Gasteiger partial charge in [0.2, 0.25) is 0 Å². The van der Waals surface area contributed by atoms with Gasteiger partial charge in [-0.3, -0.25) is 0 Å². The SMILES string of the molecule is Cc1cc2c(cc1C)C(CC/C=C\C=C(/N)C(=O)O)C(c1ccsc1)N2. The van der Waals surface area contributed by atoms with Crippen LogP contribution in [-0.4, -0.2) is 11.1 Å². The summed E-state index contributed by atoms with van der Waals surface area (Å²) in [4.78, 5) is 10.7. The molecule has 0 radical (unpaired) electrons. The van der Waals surface area contributed by atoms with Crippen molar-refractivity contribution in [1.29, 1.82) is 0 Å². The number of carboxylic acids is 1. The summed E-state index contributed by atoms with van der Waals surface area (Å²) in [5, 5.41) is 16.8. The van der Waals surface area contributed by atoms with E-state index < -0.39 is 5.97 Å². The monoisotopic (exact) mass is 368 g/mol. The lowest BCUT2D eigenvalue weighted by atomic mass is 9.86. The molecule has 26 heavy (non-hydrogen) atoms. The number of allylic oxidation sites excluding steroid dienone is 3. The van der Waals surface area contributed by atoms with Crippen LogP contribution >= 0.6 is 11.3 Å². The number of benzene rings is 1. The number of anilines is 1. The lowest BCUT2D eigenvalue weighted by molar-refractivity contribution is -0.132. The molecular weight excluding hydrogens is 344 g/mol. The first-order chi connectivity index (χ1) is 12.5. The molecule has 0 saturated carbocycles. The molecule has 2 aromatic rings. The van der Waals surface area contributed by atoms with E-state index in [1.54, 1.807) is 17.4 Å². The van der Waals surface area contributed by atoms with Gasteiger partial charge in [-0.05, 0) is 77.9 Å². The Labute approximate surface area is 158 Å². The summed E-state index contributed by atoms with van der Waals surface area (Å²) in [6.07, 6.45) is 7.00. The second-order valence-electron chi connectivity index (χ2n) is 6.74. The molecule has 1 aromatic carbocycles. The van der Waals surface area contributed by atoms with Gasteiger partial charge in [-0.2, -0.15) is 11.3 Å². The van der Waals surface area contributed by atoms with Crippen LogP contribution in [0, 0.1) is 13.8 Å². The maximum atomic E-state index is 10.7. The predicted octanol–water partition coefficient (Wildman–Crippen LogP) is 4.88. The van der Waals surface area contributed by atoms with Crippen LogP contribution in [0.5, 0.6) is 0 Å². The topological polar surface area (TPSA) is 75.4 Å². The van der Waals surface area contributed by atoms with Crippen molar-refractivity contribution < 1.29 is 9.90 Å². The number of fused-ring (bicyclic) bond motifs is 1. The van der Waals surface area contributed by atoms with Crippen molar-refractivity contribution in [1.82, 2.24) is 0 Å². The standard InChI is InChI=1S/C21H24N2O2S/c1-13-10-17-16(6-4-3-5-7-18(22)21(24)25)20(15-8-9-26-12-15)23-19(17)11-14(13)2/h3,5,7-12,16,20,23H,4,6,22H2,1-2H3,(H,24,25)/b5-3-,18-7-. The first kappa shape index (κ1) is 18.3. The van der Waals surface area contributed by atoms with Crippen molar-refractivity contribution in [3.05, 3.63) is 75.1 Å². The van der Waals surface area contributed by atoms with Gasteiger partial charge in [-0.1, -0.05) is 18.2 Å². The number of aliphatic carboxylic acids is 1. The number of hydrogen-bond acceptors (Lipinski definition) is 4. The number of nitrogens with one attached hydrogen (secondary N) is 1. The molecule has 2 atom stereocenters. The van der Waals surface area contributed by atoms with Gasteiger partial charge in [0.05, 0.1) is 6.04 Å². The van der Waals surface area contributed by atoms with Gasteiger partial charge in [0.25, 0.3) is 0 Å². The van der Waals surface area contributed by atoms with Crippen molar-refractivity contribution in [3.8, 4) is 0 Å². The molecule has 0 aliphatic carbocycles. The van der Waals surface area contributed by atoms with Crippen molar-refractivity contribution in [2.24, 2.45) is 5.73 Å². The normalized spacial score (nSPS) is 19.5. The van der Waals surface area contributed by atoms with Crippen LogP contribution in [0.15, 0.2) is 52.9 Å².